The van der Waals surface area contributed by atoms with Crippen LogP contribution in [0, 0.1) is 0 Å². The number of benzene rings is 1. The van der Waals surface area contributed by atoms with Gasteiger partial charge in [-0.05, 0) is 38.1 Å². The molecule has 0 aliphatic carbocycles. The highest BCUT2D eigenvalue weighted by Gasteiger charge is 2.33. The molecule has 9 heteroatoms. The highest BCUT2D eigenvalue weighted by molar-refractivity contribution is 5.88. The Morgan fingerprint density at radius 3 is 2.81 bits per heavy atom. The van der Waals surface area contributed by atoms with Gasteiger partial charge in [0.15, 0.2) is 5.65 Å². The zero-order valence-corrected chi connectivity index (χ0v) is 21.4. The number of fused-ring (bicyclic) bond motifs is 3. The maximum Gasteiger partial charge on any atom is 0.202 e. The van der Waals surface area contributed by atoms with Gasteiger partial charge in [0.25, 0.3) is 0 Å². The van der Waals surface area contributed by atoms with Gasteiger partial charge in [-0.3, -0.25) is 4.90 Å². The van der Waals surface area contributed by atoms with Crippen LogP contribution in [0.5, 0.6) is 5.75 Å². The summed E-state index contributed by atoms with van der Waals surface area (Å²) in [4.78, 5) is 15.4. The van der Waals surface area contributed by atoms with Crippen molar-refractivity contribution >= 4 is 17.0 Å². The first-order chi connectivity index (χ1) is 17.5. The minimum absolute atomic E-state index is 0.0788. The molecule has 2 aliphatic rings. The fraction of sp³-hybridized carbons (Fsp3) is 0.444. The number of guanidine groups is 1. The maximum absolute atomic E-state index is 10.4. The molecule has 4 heterocycles. The van der Waals surface area contributed by atoms with E-state index < -0.39 is 0 Å². The van der Waals surface area contributed by atoms with E-state index in [0.717, 1.165) is 62.7 Å². The SMILES string of the molecule is C=CN=C(N(C)CN(CCC)C1CNC1)N1CCc2[nH]c3nnc(-c4ccccc4O)cc3c2[C@H]1C. The Morgan fingerprint density at radius 1 is 1.31 bits per heavy atom. The summed E-state index contributed by atoms with van der Waals surface area (Å²) >= 11 is 0. The summed E-state index contributed by atoms with van der Waals surface area (Å²) in [6.45, 7) is 13.2. The van der Waals surface area contributed by atoms with Gasteiger partial charge in [-0.1, -0.05) is 25.6 Å². The maximum atomic E-state index is 10.4. The molecule has 1 aromatic carbocycles. The fourth-order valence-corrected chi connectivity index (χ4v) is 5.41. The Kier molecular flexibility index (Phi) is 6.93. The first-order valence-corrected chi connectivity index (χ1v) is 12.8. The zero-order valence-electron chi connectivity index (χ0n) is 21.4. The second-order valence-electron chi connectivity index (χ2n) is 9.72. The summed E-state index contributed by atoms with van der Waals surface area (Å²) in [5, 5.41) is 23.6. The van der Waals surface area contributed by atoms with E-state index in [9.17, 15) is 5.11 Å². The average Bonchev–Trinajstić information content (AvgIpc) is 3.21. The predicted octanol–water partition coefficient (Wildman–Crippen LogP) is 3.32. The van der Waals surface area contributed by atoms with E-state index in [1.54, 1.807) is 12.3 Å². The number of aromatic hydroxyl groups is 1. The Labute approximate surface area is 212 Å². The summed E-state index contributed by atoms with van der Waals surface area (Å²) in [7, 11) is 2.12. The van der Waals surface area contributed by atoms with Crippen LogP contribution in [-0.2, 0) is 6.42 Å². The quantitative estimate of drug-likeness (QED) is 0.267. The number of aromatic nitrogens is 3. The van der Waals surface area contributed by atoms with Crippen molar-refractivity contribution in [2.24, 2.45) is 4.99 Å². The van der Waals surface area contributed by atoms with Gasteiger partial charge in [0.05, 0.1) is 18.4 Å². The van der Waals surface area contributed by atoms with E-state index in [1.807, 2.05) is 24.3 Å². The van der Waals surface area contributed by atoms with Gasteiger partial charge >= 0.3 is 0 Å². The van der Waals surface area contributed by atoms with E-state index in [-0.39, 0.29) is 11.8 Å². The van der Waals surface area contributed by atoms with E-state index in [0.29, 0.717) is 17.3 Å². The average molecular weight is 489 g/mol. The van der Waals surface area contributed by atoms with E-state index >= 15 is 0 Å². The number of para-hydroxylation sites is 1. The Morgan fingerprint density at radius 2 is 2.11 bits per heavy atom. The van der Waals surface area contributed by atoms with Crippen LogP contribution in [0.1, 0.15) is 37.6 Å². The van der Waals surface area contributed by atoms with Crippen LogP contribution in [0.4, 0.5) is 0 Å². The molecule has 0 bridgehead atoms. The third-order valence-electron chi connectivity index (χ3n) is 7.33. The van der Waals surface area contributed by atoms with Crippen molar-refractivity contribution in [2.75, 3.05) is 39.9 Å². The van der Waals surface area contributed by atoms with Gasteiger partial charge in [0, 0.05) is 67.6 Å². The van der Waals surface area contributed by atoms with Crippen molar-refractivity contribution in [3.63, 3.8) is 0 Å². The number of nitrogens with zero attached hydrogens (tertiary/aromatic N) is 6. The number of phenolic OH excluding ortho intramolecular Hbond substituents is 1. The number of H-pyrrole nitrogens is 1. The van der Waals surface area contributed by atoms with Crippen LogP contribution in [0.25, 0.3) is 22.3 Å². The third-order valence-corrected chi connectivity index (χ3v) is 7.33. The number of aromatic amines is 1. The second-order valence-corrected chi connectivity index (χ2v) is 9.72. The van der Waals surface area contributed by atoms with Crippen LogP contribution >= 0.6 is 0 Å². The lowest BCUT2D eigenvalue weighted by Gasteiger charge is -2.43. The molecular weight excluding hydrogens is 452 g/mol. The summed E-state index contributed by atoms with van der Waals surface area (Å²) in [6.07, 6.45) is 3.62. The lowest BCUT2D eigenvalue weighted by molar-refractivity contribution is 0.0992. The van der Waals surface area contributed by atoms with Gasteiger partial charge in [-0.15, -0.1) is 10.2 Å². The molecule has 3 aromatic rings. The Bertz CT molecular complexity index is 1260. The first kappa shape index (κ1) is 24.3. The van der Waals surface area contributed by atoms with Crippen LogP contribution < -0.4 is 5.32 Å². The topological polar surface area (TPSA) is 95.9 Å². The van der Waals surface area contributed by atoms with Crippen molar-refractivity contribution < 1.29 is 5.11 Å². The molecule has 0 unspecified atom stereocenters. The zero-order chi connectivity index (χ0) is 25.2. The monoisotopic (exact) mass is 488 g/mol. The van der Waals surface area contributed by atoms with Gasteiger partial charge < -0.3 is 25.2 Å². The summed E-state index contributed by atoms with van der Waals surface area (Å²) in [5.41, 5.74) is 4.51. The Balaban J connectivity index is 1.46. The number of phenols is 1. The summed E-state index contributed by atoms with van der Waals surface area (Å²) in [5.74, 6) is 1.12. The highest BCUT2D eigenvalue weighted by Crippen LogP contribution is 2.37. The molecule has 190 valence electrons. The van der Waals surface area contributed by atoms with Crippen molar-refractivity contribution in [1.82, 2.24) is 35.2 Å². The molecule has 3 N–H and O–H groups in total. The molecule has 5 rings (SSSR count). The number of rotatable bonds is 7. The molecule has 1 saturated heterocycles. The van der Waals surface area contributed by atoms with Gasteiger partial charge in [0.2, 0.25) is 5.96 Å². The van der Waals surface area contributed by atoms with E-state index in [2.05, 4.69) is 62.7 Å². The molecule has 36 heavy (non-hydrogen) atoms. The molecule has 1 atom stereocenters. The van der Waals surface area contributed by atoms with Crippen molar-refractivity contribution in [3.05, 3.63) is 54.4 Å². The molecule has 0 amide bonds. The van der Waals surface area contributed by atoms with E-state index in [1.165, 1.54) is 11.3 Å². The fourth-order valence-electron chi connectivity index (χ4n) is 5.41. The Hall–Kier alpha value is -3.43. The normalized spacial score (nSPS) is 18.4. The molecule has 0 radical (unpaired) electrons. The summed E-state index contributed by atoms with van der Waals surface area (Å²) < 4.78 is 0. The van der Waals surface area contributed by atoms with Crippen LogP contribution in [0.15, 0.2) is 48.1 Å². The van der Waals surface area contributed by atoms with E-state index in [4.69, 9.17) is 4.99 Å². The number of hydrogen-bond donors (Lipinski definition) is 3. The standard InChI is InChI=1S/C27H36N8O/c1-5-12-34(19-15-28-16-19)17-33(4)27(29-6-2)35-13-11-22-25(18(35)3)21-14-23(31-32-26(21)30-22)20-9-7-8-10-24(20)36/h6-10,14,18-19,28,36H,2,5,11-13,15-17H2,1,3-4H3,(H,30,32)/t18-/m1/s1. The molecule has 0 spiro atoms. The highest BCUT2D eigenvalue weighted by atomic mass is 16.3. The molecule has 0 saturated carbocycles. The number of hydrogen-bond acceptors (Lipinski definition) is 6. The van der Waals surface area contributed by atoms with Crippen LogP contribution in [-0.4, -0.2) is 86.9 Å². The minimum atomic E-state index is 0.0788. The first-order valence-electron chi connectivity index (χ1n) is 12.8. The molecular formula is C27H36N8O. The van der Waals surface area contributed by atoms with Crippen LogP contribution in [0.2, 0.25) is 0 Å². The van der Waals surface area contributed by atoms with Crippen molar-refractivity contribution in [1.29, 1.82) is 0 Å². The number of aliphatic imine (C=N–C) groups is 1. The van der Waals surface area contributed by atoms with Gasteiger partial charge in [-0.2, -0.15) is 0 Å². The molecule has 1 fully saturated rings. The molecule has 9 nitrogen and oxygen atoms in total. The van der Waals surface area contributed by atoms with Crippen molar-refractivity contribution in [2.45, 2.75) is 38.8 Å². The minimum Gasteiger partial charge on any atom is -0.507 e. The largest absolute Gasteiger partial charge is 0.507 e. The molecule has 2 aromatic heterocycles. The van der Waals surface area contributed by atoms with Crippen LogP contribution in [0.3, 0.4) is 0 Å². The lowest BCUT2D eigenvalue weighted by Crippen LogP contribution is -2.60. The predicted molar refractivity (Wildman–Crippen MR) is 144 cm³/mol. The number of nitrogens with one attached hydrogen (secondary N) is 2. The second kappa shape index (κ2) is 10.3. The van der Waals surface area contributed by atoms with Gasteiger partial charge in [0.1, 0.15) is 5.75 Å². The van der Waals surface area contributed by atoms with Gasteiger partial charge in [-0.25, -0.2) is 4.99 Å². The lowest BCUT2D eigenvalue weighted by atomic mass is 9.97. The third kappa shape index (κ3) is 4.44. The molecule has 2 aliphatic heterocycles. The smallest absolute Gasteiger partial charge is 0.202 e. The van der Waals surface area contributed by atoms with Crippen molar-refractivity contribution in [3.8, 4) is 17.0 Å². The summed E-state index contributed by atoms with van der Waals surface area (Å²) in [6, 6.07) is 9.93.